The highest BCUT2D eigenvalue weighted by atomic mass is 32.1. The molecule has 0 aliphatic heterocycles. The van der Waals surface area contributed by atoms with Crippen LogP contribution in [0.2, 0.25) is 0 Å². The third-order valence-corrected chi connectivity index (χ3v) is 1.68. The van der Waals surface area contributed by atoms with E-state index in [0.717, 1.165) is 6.54 Å². The third-order valence-electron chi connectivity index (χ3n) is 0.964. The van der Waals surface area contributed by atoms with Gasteiger partial charge in [-0.1, -0.05) is 0 Å². The van der Waals surface area contributed by atoms with Gasteiger partial charge in [0.2, 0.25) is 0 Å². The van der Waals surface area contributed by atoms with E-state index in [9.17, 15) is 0 Å². The van der Waals surface area contributed by atoms with Crippen molar-refractivity contribution < 1.29 is 0 Å². The van der Waals surface area contributed by atoms with Gasteiger partial charge in [-0.25, -0.2) is 0 Å². The fraction of sp³-hybridized carbons (Fsp3) is 0.667. The molecule has 0 radical (unpaired) electrons. The lowest BCUT2D eigenvalue weighted by molar-refractivity contribution is 0.619. The van der Waals surface area contributed by atoms with Crippen molar-refractivity contribution in [2.75, 3.05) is 20.6 Å². The van der Waals surface area contributed by atoms with Crippen LogP contribution in [0.15, 0.2) is 0 Å². The van der Waals surface area contributed by atoms with Gasteiger partial charge in [-0.05, 0) is 31.4 Å². The smallest absolute Gasteiger partial charge is 0.174 e. The average Bonchev–Trinajstić information content (AvgIpc) is 1.87. The Bertz CT molecular complexity index is 156. The molecule has 0 bridgehead atoms. The molecular weight excluding hydrogens is 178 g/mol. The number of thiocarbonyl (C=S) groups is 2. The normalized spacial score (nSPS) is 8.64. The van der Waals surface area contributed by atoms with Crippen LogP contribution in [0.4, 0.5) is 0 Å². The summed E-state index contributed by atoms with van der Waals surface area (Å²) in [5.41, 5.74) is 0. The van der Waals surface area contributed by atoms with Crippen LogP contribution >= 0.6 is 24.4 Å². The fourth-order valence-electron chi connectivity index (χ4n) is 0.414. The Balaban J connectivity index is 3.67. The Hall–Kier alpha value is -0.420. The molecule has 0 aromatic carbocycles. The first-order valence-electron chi connectivity index (χ1n) is 3.34. The maximum absolute atomic E-state index is 4.96. The number of nitrogens with one attached hydrogen (secondary N) is 2. The highest BCUT2D eigenvalue weighted by Crippen LogP contribution is 1.77. The molecule has 11 heavy (non-hydrogen) atoms. The first-order chi connectivity index (χ1) is 5.07. The summed E-state index contributed by atoms with van der Waals surface area (Å²) in [4.78, 5) is 1.79. The third kappa shape index (κ3) is 4.92. The highest BCUT2D eigenvalue weighted by Gasteiger charge is 1.99. The molecule has 0 aromatic heterocycles. The van der Waals surface area contributed by atoms with E-state index in [1.54, 1.807) is 4.90 Å². The molecule has 0 rings (SSSR count). The molecule has 0 saturated carbocycles. The second kappa shape index (κ2) is 5.26. The molecule has 0 amide bonds. The molecule has 0 spiro atoms. The van der Waals surface area contributed by atoms with E-state index in [-0.39, 0.29) is 0 Å². The first kappa shape index (κ1) is 10.6. The van der Waals surface area contributed by atoms with Gasteiger partial charge in [-0.15, -0.1) is 0 Å². The number of hydrogen-bond acceptors (Lipinski definition) is 2. The Morgan fingerprint density at radius 3 is 2.27 bits per heavy atom. The van der Waals surface area contributed by atoms with E-state index in [0.29, 0.717) is 10.2 Å². The standard InChI is InChI=1S/C6H13N3S2/c1-4-7-5(10)8-6(11)9(2)3/h4H2,1-3H3,(H2,7,8,10,11). The van der Waals surface area contributed by atoms with Crippen LogP contribution in [-0.2, 0) is 0 Å². The summed E-state index contributed by atoms with van der Waals surface area (Å²) < 4.78 is 0. The predicted octanol–water partition coefficient (Wildman–Crippen LogP) is 0.317. The van der Waals surface area contributed by atoms with Crippen molar-refractivity contribution >= 4 is 34.7 Å². The van der Waals surface area contributed by atoms with E-state index < -0.39 is 0 Å². The van der Waals surface area contributed by atoms with Gasteiger partial charge in [0, 0.05) is 20.6 Å². The van der Waals surface area contributed by atoms with Crippen molar-refractivity contribution in [1.29, 1.82) is 0 Å². The van der Waals surface area contributed by atoms with E-state index in [2.05, 4.69) is 10.6 Å². The molecular formula is C6H13N3S2. The summed E-state index contributed by atoms with van der Waals surface area (Å²) in [5.74, 6) is 0. The molecule has 0 unspecified atom stereocenters. The van der Waals surface area contributed by atoms with Gasteiger partial charge in [0.05, 0.1) is 0 Å². The molecule has 0 fully saturated rings. The monoisotopic (exact) mass is 191 g/mol. The Labute approximate surface area is 78.1 Å². The van der Waals surface area contributed by atoms with Crippen molar-refractivity contribution in [2.24, 2.45) is 0 Å². The van der Waals surface area contributed by atoms with E-state index in [1.807, 2.05) is 21.0 Å². The molecule has 3 nitrogen and oxygen atoms in total. The maximum atomic E-state index is 4.96. The average molecular weight is 191 g/mol. The van der Waals surface area contributed by atoms with Crippen LogP contribution in [0.25, 0.3) is 0 Å². The minimum atomic E-state index is 0.575. The number of hydrogen-bond donors (Lipinski definition) is 2. The summed E-state index contributed by atoms with van der Waals surface area (Å²) in [6.07, 6.45) is 0. The van der Waals surface area contributed by atoms with Crippen molar-refractivity contribution in [2.45, 2.75) is 6.92 Å². The molecule has 5 heteroatoms. The number of nitrogens with zero attached hydrogens (tertiary/aromatic N) is 1. The zero-order chi connectivity index (χ0) is 8.85. The largest absolute Gasteiger partial charge is 0.363 e. The zero-order valence-electron chi connectivity index (χ0n) is 6.97. The van der Waals surface area contributed by atoms with Crippen LogP contribution in [0, 0.1) is 0 Å². The lowest BCUT2D eigenvalue weighted by atomic mass is 10.7. The Morgan fingerprint density at radius 1 is 1.36 bits per heavy atom. The summed E-state index contributed by atoms with van der Waals surface area (Å²) in [7, 11) is 3.73. The maximum Gasteiger partial charge on any atom is 0.174 e. The van der Waals surface area contributed by atoms with Gasteiger partial charge >= 0.3 is 0 Å². The SMILES string of the molecule is CCNC(=S)NC(=S)N(C)C. The van der Waals surface area contributed by atoms with Crippen LogP contribution in [0.5, 0.6) is 0 Å². The quantitative estimate of drug-likeness (QED) is 0.582. The Morgan fingerprint density at radius 2 is 1.91 bits per heavy atom. The van der Waals surface area contributed by atoms with Gasteiger partial charge in [0.1, 0.15) is 0 Å². The molecule has 0 aliphatic carbocycles. The Kier molecular flexibility index (Phi) is 5.06. The van der Waals surface area contributed by atoms with Crippen LogP contribution in [0.3, 0.4) is 0 Å². The van der Waals surface area contributed by atoms with Crippen molar-refractivity contribution in [1.82, 2.24) is 15.5 Å². The van der Waals surface area contributed by atoms with E-state index in [4.69, 9.17) is 24.4 Å². The summed E-state index contributed by atoms with van der Waals surface area (Å²) in [6, 6.07) is 0. The highest BCUT2D eigenvalue weighted by molar-refractivity contribution is 7.81. The van der Waals surface area contributed by atoms with Crippen LogP contribution < -0.4 is 10.6 Å². The minimum absolute atomic E-state index is 0.575. The summed E-state index contributed by atoms with van der Waals surface area (Å²) in [6.45, 7) is 2.79. The molecule has 2 N–H and O–H groups in total. The molecule has 0 aromatic rings. The van der Waals surface area contributed by atoms with Crippen LogP contribution in [-0.4, -0.2) is 35.8 Å². The van der Waals surface area contributed by atoms with Gasteiger partial charge < -0.3 is 15.5 Å². The molecule has 0 saturated heterocycles. The van der Waals surface area contributed by atoms with Crippen molar-refractivity contribution in [3.05, 3.63) is 0 Å². The molecule has 0 aliphatic rings. The van der Waals surface area contributed by atoms with Gasteiger partial charge in [0.25, 0.3) is 0 Å². The molecule has 64 valence electrons. The molecule has 0 heterocycles. The van der Waals surface area contributed by atoms with E-state index >= 15 is 0 Å². The van der Waals surface area contributed by atoms with Crippen molar-refractivity contribution in [3.8, 4) is 0 Å². The van der Waals surface area contributed by atoms with Crippen molar-refractivity contribution in [3.63, 3.8) is 0 Å². The lowest BCUT2D eigenvalue weighted by Crippen LogP contribution is -2.43. The fourth-order valence-corrected chi connectivity index (χ4v) is 0.821. The topological polar surface area (TPSA) is 27.3 Å². The lowest BCUT2D eigenvalue weighted by Gasteiger charge is -2.15. The minimum Gasteiger partial charge on any atom is -0.363 e. The zero-order valence-corrected chi connectivity index (χ0v) is 8.60. The van der Waals surface area contributed by atoms with Gasteiger partial charge in [-0.2, -0.15) is 0 Å². The predicted molar refractivity (Wildman–Crippen MR) is 55.7 cm³/mol. The number of rotatable bonds is 1. The molecule has 0 atom stereocenters. The van der Waals surface area contributed by atoms with Gasteiger partial charge in [-0.3, -0.25) is 0 Å². The summed E-state index contributed by atoms with van der Waals surface area (Å²) >= 11 is 9.87. The van der Waals surface area contributed by atoms with Gasteiger partial charge in [0.15, 0.2) is 10.2 Å². The van der Waals surface area contributed by atoms with Crippen LogP contribution in [0.1, 0.15) is 6.92 Å². The summed E-state index contributed by atoms with van der Waals surface area (Å²) in [5, 5.41) is 6.99. The first-order valence-corrected chi connectivity index (χ1v) is 4.15. The van der Waals surface area contributed by atoms with E-state index in [1.165, 1.54) is 0 Å². The second-order valence-electron chi connectivity index (χ2n) is 2.18. The second-order valence-corrected chi connectivity index (χ2v) is 2.98.